The van der Waals surface area contributed by atoms with Crippen molar-refractivity contribution in [2.45, 2.75) is 39.9 Å². The molecule has 1 aliphatic heterocycles. The zero-order valence-corrected chi connectivity index (χ0v) is 8.55. The molecule has 0 amide bonds. The van der Waals surface area contributed by atoms with E-state index in [1.807, 2.05) is 0 Å². The first kappa shape index (κ1) is 9.97. The molecule has 0 spiro atoms. The Morgan fingerprint density at radius 3 is 2.00 bits per heavy atom. The minimum atomic E-state index is -0.604. The maximum absolute atomic E-state index is 13.4. The summed E-state index contributed by atoms with van der Waals surface area (Å²) in [6, 6.07) is 0.493. The average Bonchev–Trinajstić information content (AvgIpc) is 2.30. The Bertz CT molecular complexity index is 145. The van der Waals surface area contributed by atoms with Crippen molar-refractivity contribution in [3.05, 3.63) is 0 Å². The number of rotatable bonds is 2. The van der Waals surface area contributed by atoms with Crippen LogP contribution in [0.25, 0.3) is 0 Å². The van der Waals surface area contributed by atoms with Gasteiger partial charge in [0.1, 0.15) is 6.17 Å². The van der Waals surface area contributed by atoms with E-state index in [2.05, 4.69) is 32.6 Å². The van der Waals surface area contributed by atoms with Gasteiger partial charge in [0.05, 0.1) is 0 Å². The predicted molar refractivity (Wildman–Crippen MR) is 49.9 cm³/mol. The van der Waals surface area contributed by atoms with Crippen LogP contribution in [-0.4, -0.2) is 30.2 Å². The Labute approximate surface area is 74.9 Å². The van der Waals surface area contributed by atoms with E-state index in [0.29, 0.717) is 18.5 Å². The molecule has 1 saturated heterocycles. The highest BCUT2D eigenvalue weighted by atomic mass is 19.1. The third-order valence-corrected chi connectivity index (χ3v) is 2.91. The lowest BCUT2D eigenvalue weighted by molar-refractivity contribution is 0.233. The van der Waals surface area contributed by atoms with Crippen LogP contribution in [0.3, 0.4) is 0 Å². The quantitative estimate of drug-likeness (QED) is 0.619. The first-order valence-corrected chi connectivity index (χ1v) is 4.90. The Morgan fingerprint density at radius 2 is 1.75 bits per heavy atom. The molecule has 1 rings (SSSR count). The zero-order chi connectivity index (χ0) is 9.30. The van der Waals surface area contributed by atoms with Gasteiger partial charge in [0.15, 0.2) is 0 Å². The Morgan fingerprint density at radius 1 is 1.17 bits per heavy atom. The van der Waals surface area contributed by atoms with Crippen molar-refractivity contribution in [2.75, 3.05) is 13.1 Å². The molecule has 0 saturated carbocycles. The summed E-state index contributed by atoms with van der Waals surface area (Å²) < 4.78 is 13.4. The van der Waals surface area contributed by atoms with Gasteiger partial charge in [-0.1, -0.05) is 13.8 Å². The summed E-state index contributed by atoms with van der Waals surface area (Å²) in [5.74, 6) is 0.733. The molecule has 0 aromatic heterocycles. The topological polar surface area (TPSA) is 3.24 Å². The van der Waals surface area contributed by atoms with Gasteiger partial charge in [0, 0.05) is 25.0 Å². The summed E-state index contributed by atoms with van der Waals surface area (Å²) in [6.45, 7) is 10.1. The first-order chi connectivity index (χ1) is 5.52. The van der Waals surface area contributed by atoms with Crippen molar-refractivity contribution in [1.82, 2.24) is 4.90 Å². The van der Waals surface area contributed by atoms with Crippen LogP contribution in [0.2, 0.25) is 0 Å². The highest BCUT2D eigenvalue weighted by molar-refractivity contribution is 4.86. The lowest BCUT2D eigenvalue weighted by atomic mass is 9.94. The lowest BCUT2D eigenvalue weighted by Gasteiger charge is -2.20. The van der Waals surface area contributed by atoms with E-state index in [1.165, 1.54) is 0 Å². The number of likely N-dealkylation sites (tertiary alicyclic amines) is 1. The van der Waals surface area contributed by atoms with E-state index in [-0.39, 0.29) is 5.92 Å². The second-order valence-corrected chi connectivity index (χ2v) is 4.47. The molecule has 0 N–H and O–H groups in total. The van der Waals surface area contributed by atoms with Crippen LogP contribution in [-0.2, 0) is 0 Å². The summed E-state index contributed by atoms with van der Waals surface area (Å²) >= 11 is 0. The van der Waals surface area contributed by atoms with Crippen LogP contribution in [0.15, 0.2) is 0 Å². The minimum absolute atomic E-state index is 0.257. The molecule has 0 aromatic rings. The molecule has 2 heteroatoms. The Hall–Kier alpha value is -0.110. The molecule has 0 bridgehead atoms. The van der Waals surface area contributed by atoms with Crippen LogP contribution in [0.5, 0.6) is 0 Å². The van der Waals surface area contributed by atoms with Gasteiger partial charge >= 0.3 is 0 Å². The van der Waals surface area contributed by atoms with Crippen molar-refractivity contribution in [2.24, 2.45) is 11.8 Å². The minimum Gasteiger partial charge on any atom is -0.298 e. The maximum atomic E-state index is 13.4. The van der Waals surface area contributed by atoms with E-state index in [9.17, 15) is 4.39 Å². The molecule has 0 radical (unpaired) electrons. The molecular weight excluding hydrogens is 153 g/mol. The van der Waals surface area contributed by atoms with E-state index in [4.69, 9.17) is 0 Å². The smallest absolute Gasteiger partial charge is 0.117 e. The zero-order valence-electron chi connectivity index (χ0n) is 8.55. The average molecular weight is 173 g/mol. The third-order valence-electron chi connectivity index (χ3n) is 2.91. The first-order valence-electron chi connectivity index (χ1n) is 4.90. The van der Waals surface area contributed by atoms with E-state index < -0.39 is 6.17 Å². The van der Waals surface area contributed by atoms with Crippen LogP contribution < -0.4 is 0 Å². The fraction of sp³-hybridized carbons (Fsp3) is 1.00. The fourth-order valence-corrected chi connectivity index (χ4v) is 1.87. The summed E-state index contributed by atoms with van der Waals surface area (Å²) in [5, 5.41) is 0. The molecule has 2 unspecified atom stereocenters. The SMILES string of the molecule is CC(C)C1CN(C(C)C)CC1F. The van der Waals surface area contributed by atoms with Gasteiger partial charge < -0.3 is 0 Å². The monoisotopic (exact) mass is 173 g/mol. The summed E-state index contributed by atoms with van der Waals surface area (Å²) in [7, 11) is 0. The summed E-state index contributed by atoms with van der Waals surface area (Å²) in [6.07, 6.45) is -0.604. The molecule has 12 heavy (non-hydrogen) atoms. The second kappa shape index (κ2) is 3.73. The van der Waals surface area contributed by atoms with Gasteiger partial charge in [-0.3, -0.25) is 4.90 Å². The highest BCUT2D eigenvalue weighted by Crippen LogP contribution is 2.27. The van der Waals surface area contributed by atoms with Gasteiger partial charge in [0.2, 0.25) is 0 Å². The second-order valence-electron chi connectivity index (χ2n) is 4.47. The standard InChI is InChI=1S/C10H20FN/c1-7(2)9-5-12(8(3)4)6-10(9)11/h7-10H,5-6H2,1-4H3. The molecule has 0 aliphatic carbocycles. The van der Waals surface area contributed by atoms with Gasteiger partial charge in [-0.2, -0.15) is 0 Å². The number of nitrogens with zero attached hydrogens (tertiary/aromatic N) is 1. The maximum Gasteiger partial charge on any atom is 0.117 e. The third kappa shape index (κ3) is 1.98. The molecular formula is C10H20FN. The molecule has 72 valence electrons. The molecule has 2 atom stereocenters. The Kier molecular flexibility index (Phi) is 3.10. The van der Waals surface area contributed by atoms with Crippen LogP contribution >= 0.6 is 0 Å². The van der Waals surface area contributed by atoms with Gasteiger partial charge in [-0.25, -0.2) is 4.39 Å². The van der Waals surface area contributed by atoms with E-state index in [1.54, 1.807) is 0 Å². The van der Waals surface area contributed by atoms with E-state index in [0.717, 1.165) is 6.54 Å². The van der Waals surface area contributed by atoms with Gasteiger partial charge in [-0.15, -0.1) is 0 Å². The summed E-state index contributed by atoms with van der Waals surface area (Å²) in [5.41, 5.74) is 0. The van der Waals surface area contributed by atoms with Crippen molar-refractivity contribution in [3.63, 3.8) is 0 Å². The van der Waals surface area contributed by atoms with Gasteiger partial charge in [-0.05, 0) is 19.8 Å². The largest absolute Gasteiger partial charge is 0.298 e. The van der Waals surface area contributed by atoms with Crippen LogP contribution in [0.1, 0.15) is 27.7 Å². The summed E-state index contributed by atoms with van der Waals surface area (Å²) in [4.78, 5) is 2.23. The van der Waals surface area contributed by atoms with Crippen molar-refractivity contribution in [3.8, 4) is 0 Å². The molecule has 0 aromatic carbocycles. The fourth-order valence-electron chi connectivity index (χ4n) is 1.87. The number of hydrogen-bond donors (Lipinski definition) is 0. The predicted octanol–water partition coefficient (Wildman–Crippen LogP) is 2.32. The number of hydrogen-bond acceptors (Lipinski definition) is 1. The highest BCUT2D eigenvalue weighted by Gasteiger charge is 2.35. The van der Waals surface area contributed by atoms with Crippen LogP contribution in [0.4, 0.5) is 4.39 Å². The van der Waals surface area contributed by atoms with Crippen LogP contribution in [0, 0.1) is 11.8 Å². The molecule has 1 nitrogen and oxygen atoms in total. The number of alkyl halides is 1. The van der Waals surface area contributed by atoms with E-state index >= 15 is 0 Å². The van der Waals surface area contributed by atoms with Crippen molar-refractivity contribution < 1.29 is 4.39 Å². The lowest BCUT2D eigenvalue weighted by Crippen LogP contribution is -2.29. The van der Waals surface area contributed by atoms with Crippen molar-refractivity contribution >= 4 is 0 Å². The molecule has 1 heterocycles. The van der Waals surface area contributed by atoms with Crippen molar-refractivity contribution in [1.29, 1.82) is 0 Å². The molecule has 1 aliphatic rings. The Balaban J connectivity index is 2.50. The van der Waals surface area contributed by atoms with Gasteiger partial charge in [0.25, 0.3) is 0 Å². The normalized spacial score (nSPS) is 32.2. The number of halogens is 1. The molecule has 1 fully saturated rings.